The van der Waals surface area contributed by atoms with Crippen LogP contribution in [0.3, 0.4) is 0 Å². The van der Waals surface area contributed by atoms with Crippen molar-refractivity contribution in [2.24, 2.45) is 5.92 Å². The van der Waals surface area contributed by atoms with Crippen molar-refractivity contribution >= 4 is 28.4 Å². The molecule has 6 nitrogen and oxygen atoms in total. The van der Waals surface area contributed by atoms with Gasteiger partial charge in [-0.25, -0.2) is 0 Å². The van der Waals surface area contributed by atoms with Gasteiger partial charge in [-0.3, -0.25) is 14.6 Å². The molecule has 1 saturated carbocycles. The summed E-state index contributed by atoms with van der Waals surface area (Å²) in [4.78, 5) is 28.6. The fraction of sp³-hybridized carbons (Fsp3) is 0.476. The number of fused-ring (bicyclic) bond motifs is 1. The average molecular weight is 369 g/mol. The lowest BCUT2D eigenvalue weighted by Crippen LogP contribution is -2.38. The molecule has 1 aromatic heterocycles. The summed E-state index contributed by atoms with van der Waals surface area (Å²) in [7, 11) is 0. The summed E-state index contributed by atoms with van der Waals surface area (Å²) in [5, 5.41) is 6.12. The lowest BCUT2D eigenvalue weighted by atomic mass is 9.88. The summed E-state index contributed by atoms with van der Waals surface area (Å²) in [5.41, 5.74) is 2.41. The summed E-state index contributed by atoms with van der Waals surface area (Å²) in [6.07, 6.45) is 6.70. The van der Waals surface area contributed by atoms with Gasteiger partial charge in [-0.1, -0.05) is 25.8 Å². The van der Waals surface area contributed by atoms with E-state index in [1.807, 2.05) is 19.1 Å². The number of carbonyl (C=O) groups is 2. The number of hydrogen-bond donors (Lipinski definition) is 2. The quantitative estimate of drug-likeness (QED) is 0.626. The van der Waals surface area contributed by atoms with Crippen LogP contribution in [0.15, 0.2) is 30.5 Å². The molecule has 1 heterocycles. The largest absolute Gasteiger partial charge is 0.376 e. The Morgan fingerprint density at radius 3 is 2.81 bits per heavy atom. The second kappa shape index (κ2) is 8.95. The van der Waals surface area contributed by atoms with E-state index < -0.39 is 11.8 Å². The highest BCUT2D eigenvalue weighted by atomic mass is 16.5. The van der Waals surface area contributed by atoms with Crippen LogP contribution in [-0.2, 0) is 14.3 Å². The maximum Gasteiger partial charge on any atom is 0.313 e. The molecular formula is C21H27N3O3. The van der Waals surface area contributed by atoms with Crippen LogP contribution in [0.4, 0.5) is 5.69 Å². The van der Waals surface area contributed by atoms with Gasteiger partial charge in [0.05, 0.1) is 23.9 Å². The summed E-state index contributed by atoms with van der Waals surface area (Å²) in [6.45, 7) is 4.91. The molecule has 2 unspecified atom stereocenters. The van der Waals surface area contributed by atoms with Crippen LogP contribution in [0.1, 0.15) is 38.2 Å². The lowest BCUT2D eigenvalue weighted by Gasteiger charge is -2.28. The van der Waals surface area contributed by atoms with E-state index in [0.717, 1.165) is 22.9 Å². The second-order valence-corrected chi connectivity index (χ2v) is 7.21. The van der Waals surface area contributed by atoms with Crippen molar-refractivity contribution in [3.05, 3.63) is 36.0 Å². The predicted octanol–water partition coefficient (Wildman–Crippen LogP) is 3.19. The molecule has 144 valence electrons. The number of aromatic nitrogens is 1. The van der Waals surface area contributed by atoms with E-state index in [1.165, 1.54) is 19.3 Å². The van der Waals surface area contributed by atoms with Crippen LogP contribution in [0.5, 0.6) is 0 Å². The van der Waals surface area contributed by atoms with Crippen molar-refractivity contribution in [2.45, 2.75) is 45.6 Å². The number of ether oxygens (including phenoxy) is 1. The third-order valence-corrected chi connectivity index (χ3v) is 5.18. The molecule has 0 spiro atoms. The Morgan fingerprint density at radius 1 is 1.19 bits per heavy atom. The Bertz CT molecular complexity index is 821. The molecule has 2 N–H and O–H groups in total. The third kappa shape index (κ3) is 4.83. The predicted molar refractivity (Wildman–Crippen MR) is 105 cm³/mol. The normalized spacial score (nSPS) is 19.6. The van der Waals surface area contributed by atoms with Gasteiger partial charge in [0, 0.05) is 18.1 Å². The van der Waals surface area contributed by atoms with Crippen LogP contribution in [0.2, 0.25) is 0 Å². The van der Waals surface area contributed by atoms with Gasteiger partial charge in [-0.05, 0) is 49.4 Å². The molecular weight excluding hydrogens is 342 g/mol. The molecule has 27 heavy (non-hydrogen) atoms. The van der Waals surface area contributed by atoms with Crippen LogP contribution < -0.4 is 10.6 Å². The van der Waals surface area contributed by atoms with Gasteiger partial charge in [0.15, 0.2) is 0 Å². The zero-order valence-corrected chi connectivity index (χ0v) is 16.0. The van der Waals surface area contributed by atoms with E-state index >= 15 is 0 Å². The van der Waals surface area contributed by atoms with E-state index in [9.17, 15) is 9.59 Å². The maximum absolute atomic E-state index is 12.2. The second-order valence-electron chi connectivity index (χ2n) is 7.21. The van der Waals surface area contributed by atoms with Gasteiger partial charge in [0.1, 0.15) is 0 Å². The van der Waals surface area contributed by atoms with Gasteiger partial charge in [-0.2, -0.15) is 0 Å². The zero-order valence-electron chi connectivity index (χ0n) is 16.0. The summed E-state index contributed by atoms with van der Waals surface area (Å²) >= 11 is 0. The first kappa shape index (κ1) is 19.3. The molecule has 0 radical (unpaired) electrons. The highest BCUT2D eigenvalue weighted by molar-refractivity contribution is 6.40. The summed E-state index contributed by atoms with van der Waals surface area (Å²) in [5.74, 6) is -0.788. The number of nitrogens with zero attached hydrogens (tertiary/aromatic N) is 1. The van der Waals surface area contributed by atoms with Gasteiger partial charge in [0.2, 0.25) is 0 Å². The first-order chi connectivity index (χ1) is 13.1. The fourth-order valence-electron chi connectivity index (χ4n) is 3.59. The van der Waals surface area contributed by atoms with Crippen LogP contribution in [0.25, 0.3) is 10.9 Å². The molecule has 1 aliphatic rings. The minimum atomic E-state index is -0.685. The molecule has 1 fully saturated rings. The molecule has 0 bridgehead atoms. The number of aryl methyl sites for hydroxylation is 1. The molecule has 2 amide bonds. The zero-order chi connectivity index (χ0) is 19.2. The average Bonchev–Trinajstić information content (AvgIpc) is 2.68. The molecule has 6 heteroatoms. The first-order valence-electron chi connectivity index (χ1n) is 9.61. The van der Waals surface area contributed by atoms with E-state index in [1.54, 1.807) is 18.3 Å². The minimum Gasteiger partial charge on any atom is -0.376 e. The van der Waals surface area contributed by atoms with Crippen molar-refractivity contribution in [1.29, 1.82) is 0 Å². The van der Waals surface area contributed by atoms with Gasteiger partial charge < -0.3 is 15.4 Å². The molecule has 1 aliphatic carbocycles. The van der Waals surface area contributed by atoms with E-state index in [2.05, 4.69) is 22.5 Å². The standard InChI is InChI=1S/C21H27N3O3/c1-14-6-3-4-8-18(14)27-13-12-23-20(25)21(26)24-17-10-9-15(2)19-16(17)7-5-11-22-19/h5,7,9-11,14,18H,3-4,6,8,12-13H2,1-2H3,(H,23,25)(H,24,26). The highest BCUT2D eigenvalue weighted by Gasteiger charge is 2.22. The number of rotatable bonds is 5. The van der Waals surface area contributed by atoms with Gasteiger partial charge in [0.25, 0.3) is 0 Å². The topological polar surface area (TPSA) is 80.3 Å². The maximum atomic E-state index is 12.2. The van der Waals surface area contributed by atoms with Gasteiger partial charge >= 0.3 is 11.8 Å². The monoisotopic (exact) mass is 369 g/mol. The molecule has 2 aromatic rings. The summed E-state index contributed by atoms with van der Waals surface area (Å²) in [6, 6.07) is 7.35. The first-order valence-corrected chi connectivity index (χ1v) is 9.61. The summed E-state index contributed by atoms with van der Waals surface area (Å²) < 4.78 is 5.86. The fourth-order valence-corrected chi connectivity index (χ4v) is 3.59. The number of benzene rings is 1. The Morgan fingerprint density at radius 2 is 2.00 bits per heavy atom. The minimum absolute atomic E-state index is 0.260. The number of anilines is 1. The Kier molecular flexibility index (Phi) is 6.40. The molecule has 3 rings (SSSR count). The van der Waals surface area contributed by atoms with Crippen LogP contribution in [-0.4, -0.2) is 36.1 Å². The van der Waals surface area contributed by atoms with E-state index in [4.69, 9.17) is 4.74 Å². The Balaban J connectivity index is 1.50. The van der Waals surface area contributed by atoms with E-state index in [-0.39, 0.29) is 6.10 Å². The van der Waals surface area contributed by atoms with Crippen LogP contribution in [0, 0.1) is 12.8 Å². The number of hydrogen-bond acceptors (Lipinski definition) is 4. The third-order valence-electron chi connectivity index (χ3n) is 5.18. The number of amides is 2. The molecule has 2 atom stereocenters. The highest BCUT2D eigenvalue weighted by Crippen LogP contribution is 2.26. The Hall–Kier alpha value is -2.47. The number of nitrogens with one attached hydrogen (secondary N) is 2. The van der Waals surface area contributed by atoms with Crippen molar-refractivity contribution in [3.8, 4) is 0 Å². The van der Waals surface area contributed by atoms with E-state index in [0.29, 0.717) is 24.8 Å². The van der Waals surface area contributed by atoms with Crippen molar-refractivity contribution in [2.75, 3.05) is 18.5 Å². The lowest BCUT2D eigenvalue weighted by molar-refractivity contribution is -0.136. The van der Waals surface area contributed by atoms with Gasteiger partial charge in [-0.15, -0.1) is 0 Å². The number of carbonyl (C=O) groups excluding carboxylic acids is 2. The van der Waals surface area contributed by atoms with Crippen LogP contribution >= 0.6 is 0 Å². The van der Waals surface area contributed by atoms with Crippen molar-refractivity contribution < 1.29 is 14.3 Å². The van der Waals surface area contributed by atoms with Crippen molar-refractivity contribution in [3.63, 3.8) is 0 Å². The Labute approximate surface area is 159 Å². The molecule has 1 aromatic carbocycles. The molecule has 0 aliphatic heterocycles. The smallest absolute Gasteiger partial charge is 0.313 e. The molecule has 0 saturated heterocycles. The SMILES string of the molecule is Cc1ccc(NC(=O)C(=O)NCCOC2CCCCC2C)c2cccnc12. The number of pyridine rings is 1. The van der Waals surface area contributed by atoms with Crippen molar-refractivity contribution in [1.82, 2.24) is 10.3 Å².